The van der Waals surface area contributed by atoms with Gasteiger partial charge in [0.25, 0.3) is 0 Å². The van der Waals surface area contributed by atoms with Gasteiger partial charge in [-0.25, -0.2) is 0 Å². The zero-order chi connectivity index (χ0) is 9.97. The fraction of sp³-hybridized carbons (Fsp3) is 0. The van der Waals surface area contributed by atoms with Gasteiger partial charge in [0.15, 0.2) is 0 Å². The van der Waals surface area contributed by atoms with E-state index >= 15 is 0 Å². The number of phenolic OH excluding ortho intramolecular Hbond substituents is 1. The third-order valence-corrected chi connectivity index (χ3v) is 2.28. The molecule has 0 saturated heterocycles. The van der Waals surface area contributed by atoms with E-state index in [1.165, 1.54) is 0 Å². The van der Waals surface area contributed by atoms with Crippen LogP contribution in [-0.4, -0.2) is 10.1 Å². The van der Waals surface area contributed by atoms with Gasteiger partial charge in [0.1, 0.15) is 5.75 Å². The Morgan fingerprint density at radius 3 is 2.43 bits per heavy atom. The highest BCUT2D eigenvalue weighted by Crippen LogP contribution is 2.34. The van der Waals surface area contributed by atoms with Gasteiger partial charge in [-0.05, 0) is 29.8 Å². The van der Waals surface area contributed by atoms with Gasteiger partial charge in [0.2, 0.25) is 0 Å². The third kappa shape index (κ3) is 1.56. The molecule has 0 amide bonds. The van der Waals surface area contributed by atoms with Crippen LogP contribution in [0.3, 0.4) is 0 Å². The normalized spacial score (nSPS) is 10.1. The molecule has 1 heterocycles. The first-order chi connectivity index (χ1) is 6.79. The van der Waals surface area contributed by atoms with Gasteiger partial charge in [-0.15, -0.1) is 0 Å². The van der Waals surface area contributed by atoms with Gasteiger partial charge >= 0.3 is 0 Å². The largest absolute Gasteiger partial charge is 0.507 e. The maximum absolute atomic E-state index is 9.64. The number of pyridine rings is 1. The Bertz CT molecular complexity index is 422. The maximum Gasteiger partial charge on any atom is 0.124 e. The summed E-state index contributed by atoms with van der Waals surface area (Å²) in [7, 11) is 0. The van der Waals surface area contributed by atoms with E-state index < -0.39 is 0 Å². The second kappa shape index (κ2) is 3.68. The smallest absolute Gasteiger partial charge is 0.124 e. The molecule has 70 valence electrons. The highest BCUT2D eigenvalue weighted by atomic mass is 35.5. The molecular formula is C11H8ClNO. The molecular weight excluding hydrogens is 198 g/mol. The van der Waals surface area contributed by atoms with E-state index in [1.807, 2.05) is 0 Å². The lowest BCUT2D eigenvalue weighted by atomic mass is 10.1. The molecule has 0 aliphatic heterocycles. The number of hydrogen-bond donors (Lipinski definition) is 1. The van der Waals surface area contributed by atoms with Gasteiger partial charge < -0.3 is 5.11 Å². The van der Waals surface area contributed by atoms with Crippen LogP contribution >= 0.6 is 11.6 Å². The monoisotopic (exact) mass is 205 g/mol. The Morgan fingerprint density at radius 1 is 1.07 bits per heavy atom. The lowest BCUT2D eigenvalue weighted by Crippen LogP contribution is -1.81. The van der Waals surface area contributed by atoms with Crippen molar-refractivity contribution < 1.29 is 5.11 Å². The summed E-state index contributed by atoms with van der Waals surface area (Å²) < 4.78 is 0. The lowest BCUT2D eigenvalue weighted by Gasteiger charge is -2.05. The summed E-state index contributed by atoms with van der Waals surface area (Å²) in [6.07, 6.45) is 3.33. The summed E-state index contributed by atoms with van der Waals surface area (Å²) in [6, 6.07) is 8.68. The first-order valence-corrected chi connectivity index (χ1v) is 4.54. The van der Waals surface area contributed by atoms with Crippen LogP contribution in [0.15, 0.2) is 42.7 Å². The van der Waals surface area contributed by atoms with Crippen LogP contribution in [0, 0.1) is 0 Å². The molecule has 0 spiro atoms. The molecule has 1 aromatic carbocycles. The molecule has 0 aliphatic carbocycles. The van der Waals surface area contributed by atoms with E-state index in [2.05, 4.69) is 4.98 Å². The van der Waals surface area contributed by atoms with Gasteiger partial charge in [-0.2, -0.15) is 0 Å². The van der Waals surface area contributed by atoms with Crippen LogP contribution in [0.5, 0.6) is 5.75 Å². The standard InChI is InChI=1S/C11H8ClNO/c12-9-2-1-3-10(14)11(9)8-4-6-13-7-5-8/h1-7,14H. The lowest BCUT2D eigenvalue weighted by molar-refractivity contribution is 0.477. The SMILES string of the molecule is Oc1cccc(Cl)c1-c1ccncc1. The summed E-state index contributed by atoms with van der Waals surface area (Å²) in [4.78, 5) is 3.91. The Balaban J connectivity index is 2.63. The van der Waals surface area contributed by atoms with Crippen molar-refractivity contribution in [3.05, 3.63) is 47.7 Å². The molecule has 3 heteroatoms. The van der Waals surface area contributed by atoms with Crippen LogP contribution in [0.2, 0.25) is 5.02 Å². The quantitative estimate of drug-likeness (QED) is 0.776. The topological polar surface area (TPSA) is 33.1 Å². The van der Waals surface area contributed by atoms with Crippen LogP contribution < -0.4 is 0 Å². The summed E-state index contributed by atoms with van der Waals surface area (Å²) in [5.74, 6) is 0.184. The zero-order valence-electron chi connectivity index (χ0n) is 7.31. The average molecular weight is 206 g/mol. The van der Waals surface area contributed by atoms with E-state index in [0.29, 0.717) is 10.6 Å². The summed E-state index contributed by atoms with van der Waals surface area (Å²) >= 11 is 5.98. The number of halogens is 1. The first-order valence-electron chi connectivity index (χ1n) is 4.17. The number of benzene rings is 1. The highest BCUT2D eigenvalue weighted by molar-refractivity contribution is 6.33. The summed E-state index contributed by atoms with van der Waals surface area (Å²) in [6.45, 7) is 0. The van der Waals surface area contributed by atoms with E-state index in [0.717, 1.165) is 5.56 Å². The number of phenols is 1. The number of rotatable bonds is 1. The zero-order valence-corrected chi connectivity index (χ0v) is 8.07. The summed E-state index contributed by atoms with van der Waals surface area (Å²) in [5.41, 5.74) is 1.51. The minimum atomic E-state index is 0.184. The van der Waals surface area contributed by atoms with Crippen molar-refractivity contribution in [2.24, 2.45) is 0 Å². The number of nitrogens with zero attached hydrogens (tertiary/aromatic N) is 1. The van der Waals surface area contributed by atoms with Crippen molar-refractivity contribution in [1.29, 1.82) is 0 Å². The Kier molecular flexibility index (Phi) is 2.37. The van der Waals surface area contributed by atoms with Crippen molar-refractivity contribution in [1.82, 2.24) is 4.98 Å². The molecule has 1 aromatic heterocycles. The van der Waals surface area contributed by atoms with E-state index in [1.54, 1.807) is 42.7 Å². The molecule has 0 atom stereocenters. The van der Waals surface area contributed by atoms with Crippen LogP contribution in [-0.2, 0) is 0 Å². The fourth-order valence-corrected chi connectivity index (χ4v) is 1.60. The predicted molar refractivity (Wildman–Crippen MR) is 56.3 cm³/mol. The molecule has 0 radical (unpaired) electrons. The van der Waals surface area contributed by atoms with Crippen LogP contribution in [0.4, 0.5) is 0 Å². The summed E-state index contributed by atoms with van der Waals surface area (Å²) in [5, 5.41) is 10.2. The highest BCUT2D eigenvalue weighted by Gasteiger charge is 2.07. The second-order valence-corrected chi connectivity index (χ2v) is 3.28. The number of aromatic nitrogens is 1. The second-order valence-electron chi connectivity index (χ2n) is 2.87. The minimum absolute atomic E-state index is 0.184. The molecule has 1 N–H and O–H groups in total. The molecule has 2 rings (SSSR count). The van der Waals surface area contributed by atoms with E-state index in [4.69, 9.17) is 11.6 Å². The molecule has 0 fully saturated rings. The molecule has 14 heavy (non-hydrogen) atoms. The molecule has 2 aromatic rings. The molecule has 0 unspecified atom stereocenters. The fourth-order valence-electron chi connectivity index (χ4n) is 1.32. The molecule has 0 saturated carbocycles. The van der Waals surface area contributed by atoms with Crippen molar-refractivity contribution in [2.75, 3.05) is 0 Å². The van der Waals surface area contributed by atoms with Gasteiger partial charge in [-0.3, -0.25) is 4.98 Å². The maximum atomic E-state index is 9.64. The number of hydrogen-bond acceptors (Lipinski definition) is 2. The number of aromatic hydroxyl groups is 1. The minimum Gasteiger partial charge on any atom is -0.507 e. The van der Waals surface area contributed by atoms with E-state index in [-0.39, 0.29) is 5.75 Å². The Hall–Kier alpha value is -1.54. The van der Waals surface area contributed by atoms with Crippen molar-refractivity contribution in [3.8, 4) is 16.9 Å². The Labute approximate surface area is 86.8 Å². The van der Waals surface area contributed by atoms with Gasteiger partial charge in [-0.1, -0.05) is 17.7 Å². The third-order valence-electron chi connectivity index (χ3n) is 1.96. The van der Waals surface area contributed by atoms with Crippen molar-refractivity contribution in [2.45, 2.75) is 0 Å². The molecule has 0 bridgehead atoms. The van der Waals surface area contributed by atoms with Crippen LogP contribution in [0.25, 0.3) is 11.1 Å². The molecule has 2 nitrogen and oxygen atoms in total. The van der Waals surface area contributed by atoms with Gasteiger partial charge in [0.05, 0.1) is 5.02 Å². The predicted octanol–water partition coefficient (Wildman–Crippen LogP) is 3.11. The van der Waals surface area contributed by atoms with Crippen LogP contribution in [0.1, 0.15) is 0 Å². The van der Waals surface area contributed by atoms with E-state index in [9.17, 15) is 5.11 Å². The first kappa shape index (κ1) is 9.03. The molecule has 0 aliphatic rings. The average Bonchev–Trinajstić information content (AvgIpc) is 2.19. The Morgan fingerprint density at radius 2 is 1.79 bits per heavy atom. The van der Waals surface area contributed by atoms with Gasteiger partial charge in [0, 0.05) is 18.0 Å². The van der Waals surface area contributed by atoms with Crippen molar-refractivity contribution >= 4 is 11.6 Å². The van der Waals surface area contributed by atoms with Crippen molar-refractivity contribution in [3.63, 3.8) is 0 Å².